The second kappa shape index (κ2) is 8.74. The first-order valence-corrected chi connectivity index (χ1v) is 7.42. The molecule has 0 unspecified atom stereocenters. The van der Waals surface area contributed by atoms with E-state index >= 15 is 0 Å². The van der Waals surface area contributed by atoms with E-state index in [1.54, 1.807) is 19.3 Å². The molecular formula is C14H19Cl2N3O2. The number of nitrogens with zero attached hydrogens (tertiary/aromatic N) is 3. The molecule has 1 aromatic rings. The quantitative estimate of drug-likeness (QED) is 0.589. The second-order valence-corrected chi connectivity index (χ2v) is 4.83. The Labute approximate surface area is 135 Å². The highest BCUT2D eigenvalue weighted by atomic mass is 35.5. The van der Waals surface area contributed by atoms with Crippen LogP contribution in [0, 0.1) is 0 Å². The van der Waals surface area contributed by atoms with Crippen molar-refractivity contribution in [2.24, 2.45) is 0 Å². The molecule has 1 rings (SSSR count). The average Bonchev–Trinajstić information content (AvgIpc) is 2.49. The van der Waals surface area contributed by atoms with Crippen molar-refractivity contribution in [3.05, 3.63) is 40.9 Å². The number of hydrogen-bond acceptors (Lipinski definition) is 4. The number of carbonyl (C=O) groups excluding carboxylic acids is 1. The minimum atomic E-state index is -0.495. The SMILES string of the molecule is C/C=C(\N(CC)Cc1ccc(Cl)nc1)N(C)C(=O)OCCl. The van der Waals surface area contributed by atoms with Gasteiger partial charge in [0.25, 0.3) is 0 Å². The number of pyridine rings is 1. The number of alkyl halides is 1. The Morgan fingerprint density at radius 3 is 2.67 bits per heavy atom. The molecule has 1 aromatic heterocycles. The van der Waals surface area contributed by atoms with E-state index in [0.29, 0.717) is 11.7 Å². The zero-order valence-electron chi connectivity index (χ0n) is 12.3. The zero-order valence-corrected chi connectivity index (χ0v) is 13.9. The number of carbonyl (C=O) groups is 1. The second-order valence-electron chi connectivity index (χ2n) is 4.23. The van der Waals surface area contributed by atoms with E-state index < -0.39 is 6.09 Å². The Balaban J connectivity index is 2.85. The van der Waals surface area contributed by atoms with E-state index in [-0.39, 0.29) is 6.07 Å². The van der Waals surface area contributed by atoms with E-state index in [1.807, 2.05) is 30.9 Å². The highest BCUT2D eigenvalue weighted by Gasteiger charge is 2.19. The summed E-state index contributed by atoms with van der Waals surface area (Å²) in [7, 11) is 1.65. The Morgan fingerprint density at radius 2 is 2.19 bits per heavy atom. The Kier molecular flexibility index (Phi) is 7.32. The van der Waals surface area contributed by atoms with Crippen molar-refractivity contribution in [3.63, 3.8) is 0 Å². The Morgan fingerprint density at radius 1 is 1.48 bits per heavy atom. The van der Waals surface area contributed by atoms with Gasteiger partial charge in [-0.2, -0.15) is 0 Å². The Hall–Kier alpha value is -1.46. The molecule has 0 aliphatic heterocycles. The molecule has 1 amide bonds. The summed E-state index contributed by atoms with van der Waals surface area (Å²) < 4.78 is 4.80. The molecule has 0 spiro atoms. The van der Waals surface area contributed by atoms with E-state index in [2.05, 4.69) is 4.98 Å². The third kappa shape index (κ3) is 5.10. The van der Waals surface area contributed by atoms with Crippen LogP contribution in [0.25, 0.3) is 0 Å². The van der Waals surface area contributed by atoms with Gasteiger partial charge in [-0.25, -0.2) is 9.78 Å². The predicted molar refractivity (Wildman–Crippen MR) is 84.1 cm³/mol. The summed E-state index contributed by atoms with van der Waals surface area (Å²) in [5.41, 5.74) is 1.000. The molecule has 0 bridgehead atoms. The lowest BCUT2D eigenvalue weighted by Gasteiger charge is -2.31. The van der Waals surface area contributed by atoms with Gasteiger partial charge in [-0.1, -0.05) is 29.3 Å². The molecular weight excluding hydrogens is 313 g/mol. The predicted octanol–water partition coefficient (Wildman–Crippen LogP) is 3.68. The van der Waals surface area contributed by atoms with Gasteiger partial charge in [0.1, 0.15) is 11.0 Å². The van der Waals surface area contributed by atoms with Crippen LogP contribution >= 0.6 is 23.2 Å². The molecule has 0 radical (unpaired) electrons. The smallest absolute Gasteiger partial charge is 0.416 e. The molecule has 0 atom stereocenters. The summed E-state index contributed by atoms with van der Waals surface area (Å²) in [6, 6.07) is 3.47. The number of hydrogen-bond donors (Lipinski definition) is 0. The van der Waals surface area contributed by atoms with Crippen LogP contribution in [-0.4, -0.2) is 40.5 Å². The van der Waals surface area contributed by atoms with Crippen molar-refractivity contribution >= 4 is 29.3 Å². The van der Waals surface area contributed by atoms with E-state index in [0.717, 1.165) is 17.9 Å². The van der Waals surface area contributed by atoms with Gasteiger partial charge in [-0.3, -0.25) is 4.90 Å². The summed E-state index contributed by atoms with van der Waals surface area (Å²) in [4.78, 5) is 19.3. The maximum Gasteiger partial charge on any atom is 0.416 e. The summed E-state index contributed by atoms with van der Waals surface area (Å²) in [6.07, 6.45) is 3.07. The van der Waals surface area contributed by atoms with Crippen LogP contribution < -0.4 is 0 Å². The van der Waals surface area contributed by atoms with Gasteiger partial charge in [-0.15, -0.1) is 0 Å². The van der Waals surface area contributed by atoms with Crippen molar-refractivity contribution in [1.29, 1.82) is 0 Å². The molecule has 0 N–H and O–H groups in total. The maximum absolute atomic E-state index is 11.8. The van der Waals surface area contributed by atoms with Gasteiger partial charge in [0.05, 0.1) is 0 Å². The minimum absolute atomic E-state index is 0.173. The fourth-order valence-electron chi connectivity index (χ4n) is 1.90. The highest BCUT2D eigenvalue weighted by molar-refractivity contribution is 6.29. The molecule has 0 aromatic carbocycles. The lowest BCUT2D eigenvalue weighted by molar-refractivity contribution is 0.122. The number of amides is 1. The van der Waals surface area contributed by atoms with E-state index in [4.69, 9.17) is 27.9 Å². The summed E-state index contributed by atoms with van der Waals surface area (Å²) in [6.45, 7) is 5.20. The summed E-state index contributed by atoms with van der Waals surface area (Å²) in [5.74, 6) is 0.738. The van der Waals surface area contributed by atoms with Crippen molar-refractivity contribution < 1.29 is 9.53 Å². The number of halogens is 2. The van der Waals surface area contributed by atoms with E-state index in [9.17, 15) is 4.79 Å². The largest absolute Gasteiger partial charge is 0.433 e. The van der Waals surface area contributed by atoms with Gasteiger partial charge < -0.3 is 9.64 Å². The van der Waals surface area contributed by atoms with Gasteiger partial charge in [-0.05, 0) is 31.6 Å². The monoisotopic (exact) mass is 331 g/mol. The Bertz CT molecular complexity index is 491. The zero-order chi connectivity index (χ0) is 15.8. The normalized spacial score (nSPS) is 11.2. The number of allylic oxidation sites excluding steroid dienone is 1. The van der Waals surface area contributed by atoms with Crippen molar-refractivity contribution in [2.75, 3.05) is 19.7 Å². The molecule has 116 valence electrons. The number of aromatic nitrogens is 1. The van der Waals surface area contributed by atoms with Crippen molar-refractivity contribution in [1.82, 2.24) is 14.8 Å². The minimum Gasteiger partial charge on any atom is -0.433 e. The maximum atomic E-state index is 11.8. The number of ether oxygens (including phenoxy) is 1. The van der Waals surface area contributed by atoms with Crippen LogP contribution in [0.4, 0.5) is 4.79 Å². The third-order valence-electron chi connectivity index (χ3n) is 2.92. The van der Waals surface area contributed by atoms with Crippen LogP contribution in [0.1, 0.15) is 19.4 Å². The first kappa shape index (κ1) is 17.6. The molecule has 0 fully saturated rings. The highest BCUT2D eigenvalue weighted by Crippen LogP contribution is 2.15. The first-order chi connectivity index (χ1) is 10.0. The van der Waals surface area contributed by atoms with Crippen LogP contribution in [0.3, 0.4) is 0 Å². The van der Waals surface area contributed by atoms with Crippen LogP contribution in [-0.2, 0) is 11.3 Å². The summed E-state index contributed by atoms with van der Waals surface area (Å²) >= 11 is 11.2. The lowest BCUT2D eigenvalue weighted by Crippen LogP contribution is -2.36. The lowest BCUT2D eigenvalue weighted by atomic mass is 10.2. The summed E-state index contributed by atoms with van der Waals surface area (Å²) in [5, 5.41) is 0.455. The van der Waals surface area contributed by atoms with Gasteiger partial charge in [0.15, 0.2) is 6.07 Å². The first-order valence-electron chi connectivity index (χ1n) is 6.51. The van der Waals surface area contributed by atoms with Crippen LogP contribution in [0.2, 0.25) is 5.15 Å². The molecule has 0 saturated heterocycles. The average molecular weight is 332 g/mol. The molecule has 1 heterocycles. The molecule has 0 aliphatic carbocycles. The molecule has 0 aliphatic rings. The van der Waals surface area contributed by atoms with Crippen molar-refractivity contribution in [2.45, 2.75) is 20.4 Å². The van der Waals surface area contributed by atoms with Crippen LogP contribution in [0.15, 0.2) is 30.2 Å². The topological polar surface area (TPSA) is 45.7 Å². The fourth-order valence-corrected chi connectivity index (χ4v) is 2.11. The van der Waals surface area contributed by atoms with E-state index in [1.165, 1.54) is 4.90 Å². The van der Waals surface area contributed by atoms with Crippen LogP contribution in [0.5, 0.6) is 0 Å². The third-order valence-corrected chi connectivity index (χ3v) is 3.25. The standard InChI is InChI=1S/C14H19Cl2N3O2/c1-4-13(18(3)14(20)21-10-15)19(5-2)9-11-6-7-12(16)17-8-11/h4,6-8H,5,9-10H2,1-3H3/b13-4-. The van der Waals surface area contributed by atoms with Gasteiger partial charge in [0, 0.05) is 26.3 Å². The number of rotatable bonds is 6. The molecule has 21 heavy (non-hydrogen) atoms. The molecule has 5 nitrogen and oxygen atoms in total. The molecule has 7 heteroatoms. The van der Waals surface area contributed by atoms with Crippen molar-refractivity contribution in [3.8, 4) is 0 Å². The van der Waals surface area contributed by atoms with Gasteiger partial charge >= 0.3 is 6.09 Å². The van der Waals surface area contributed by atoms with Gasteiger partial charge in [0.2, 0.25) is 0 Å². The fraction of sp³-hybridized carbons (Fsp3) is 0.429. The molecule has 0 saturated carbocycles.